The molecule has 1 aromatic carbocycles. The molecule has 28 heavy (non-hydrogen) atoms. The van der Waals surface area contributed by atoms with Crippen LogP contribution in [0.1, 0.15) is 25.8 Å². The van der Waals surface area contributed by atoms with Gasteiger partial charge in [-0.3, -0.25) is 4.79 Å². The molecule has 5 nitrogen and oxygen atoms in total. The summed E-state index contributed by atoms with van der Waals surface area (Å²) in [6.45, 7) is 4.11. The maximum atomic E-state index is 13.0. The Balaban J connectivity index is 1.70. The third-order valence-electron chi connectivity index (χ3n) is 4.69. The molecule has 1 aliphatic carbocycles. The molecule has 1 aromatic rings. The Morgan fingerprint density at radius 3 is 2.64 bits per heavy atom. The summed E-state index contributed by atoms with van der Waals surface area (Å²) in [4.78, 5) is 17.3. The molecule has 0 aromatic heterocycles. The van der Waals surface area contributed by atoms with Crippen molar-refractivity contribution in [1.29, 1.82) is 0 Å². The maximum absolute atomic E-state index is 13.0. The Labute approximate surface area is 161 Å². The van der Waals surface area contributed by atoms with Crippen LogP contribution >= 0.6 is 0 Å². The fourth-order valence-corrected chi connectivity index (χ4v) is 2.93. The molecule has 0 radical (unpaired) electrons. The molecule has 1 aliphatic heterocycles. The highest BCUT2D eigenvalue weighted by Crippen LogP contribution is 2.34. The van der Waals surface area contributed by atoms with Crippen LogP contribution in [0.4, 0.5) is 13.2 Å². The normalized spacial score (nSPS) is 23.5. The number of nitrogens with zero attached hydrogens (tertiary/aromatic N) is 2. The van der Waals surface area contributed by atoms with E-state index in [1.54, 1.807) is 30.9 Å². The number of hydrogen-bond acceptors (Lipinski definition) is 4. The van der Waals surface area contributed by atoms with Crippen molar-refractivity contribution < 1.29 is 27.4 Å². The summed E-state index contributed by atoms with van der Waals surface area (Å²) < 4.78 is 50.7. The Hall–Kier alpha value is -2.61. The van der Waals surface area contributed by atoms with E-state index in [-0.39, 0.29) is 18.3 Å². The van der Waals surface area contributed by atoms with E-state index in [4.69, 9.17) is 9.47 Å². The van der Waals surface area contributed by atoms with E-state index >= 15 is 0 Å². The summed E-state index contributed by atoms with van der Waals surface area (Å²) >= 11 is 0. The molecule has 0 saturated heterocycles. The van der Waals surface area contributed by atoms with Crippen LogP contribution in [0.3, 0.4) is 0 Å². The molecule has 150 valence electrons. The van der Waals surface area contributed by atoms with Gasteiger partial charge in [0, 0.05) is 13.0 Å². The Morgan fingerprint density at radius 2 is 2.04 bits per heavy atom. The number of rotatable bonds is 6. The van der Waals surface area contributed by atoms with Crippen molar-refractivity contribution in [3.63, 3.8) is 0 Å². The molecule has 8 heteroatoms. The van der Waals surface area contributed by atoms with Crippen LogP contribution in [0.5, 0.6) is 5.75 Å². The zero-order chi connectivity index (χ0) is 20.4. The molecule has 1 atom stereocenters. The second kappa shape index (κ2) is 7.43. The number of hydrogen-bond donors (Lipinski definition) is 0. The number of benzene rings is 1. The van der Waals surface area contributed by atoms with Crippen LogP contribution in [0.25, 0.3) is 0 Å². The van der Waals surface area contributed by atoms with Gasteiger partial charge in [-0.15, -0.1) is 0 Å². The molecule has 1 heterocycles. The second-order valence-corrected chi connectivity index (χ2v) is 7.08. The molecule has 0 N–H and O–H groups in total. The molecule has 0 spiro atoms. The van der Waals surface area contributed by atoms with Crippen molar-refractivity contribution in [2.45, 2.75) is 37.8 Å². The molecule has 0 fully saturated rings. The Kier molecular flexibility index (Phi) is 5.34. The summed E-state index contributed by atoms with van der Waals surface area (Å²) in [7, 11) is 0. The number of halogens is 3. The van der Waals surface area contributed by atoms with Crippen LogP contribution in [0.15, 0.2) is 53.6 Å². The number of ether oxygens (including phenoxy) is 2. The number of carbonyl (C=O) groups excluding carboxylic acids is 1. The Morgan fingerprint density at radius 1 is 1.25 bits per heavy atom. The first-order chi connectivity index (χ1) is 13.1. The predicted molar refractivity (Wildman–Crippen MR) is 97.9 cm³/mol. The van der Waals surface area contributed by atoms with E-state index in [1.807, 2.05) is 12.2 Å². The van der Waals surface area contributed by atoms with Gasteiger partial charge in [0.25, 0.3) is 5.91 Å². The van der Waals surface area contributed by atoms with Gasteiger partial charge in [-0.2, -0.15) is 13.2 Å². The van der Waals surface area contributed by atoms with Gasteiger partial charge in [-0.25, -0.2) is 4.99 Å². The molecular formula is C20H21F3N2O3. The monoisotopic (exact) mass is 394 g/mol. The molecule has 1 amide bonds. The van der Waals surface area contributed by atoms with Crippen molar-refractivity contribution in [1.82, 2.24) is 4.90 Å². The lowest BCUT2D eigenvalue weighted by Crippen LogP contribution is -2.47. The average molecular weight is 394 g/mol. The summed E-state index contributed by atoms with van der Waals surface area (Å²) in [5, 5.41) is 0. The molecular weight excluding hydrogens is 373 g/mol. The van der Waals surface area contributed by atoms with Crippen molar-refractivity contribution in [3.8, 4) is 5.75 Å². The second-order valence-electron chi connectivity index (χ2n) is 7.08. The molecule has 3 rings (SSSR count). The molecule has 1 unspecified atom stereocenters. The SMILES string of the molecule is CC1(C)C(=O)N=CN1CCOC1(Oc2cccc(C(F)(F)F)c2)C=CC=CC1. The number of alkyl halides is 3. The smallest absolute Gasteiger partial charge is 0.416 e. The third kappa shape index (κ3) is 4.27. The zero-order valence-electron chi connectivity index (χ0n) is 15.6. The van der Waals surface area contributed by atoms with Crippen molar-refractivity contribution >= 4 is 12.2 Å². The van der Waals surface area contributed by atoms with E-state index in [2.05, 4.69) is 4.99 Å². The van der Waals surface area contributed by atoms with Crippen molar-refractivity contribution in [2.75, 3.05) is 13.2 Å². The van der Waals surface area contributed by atoms with Crippen LogP contribution in [0.2, 0.25) is 0 Å². The number of carbonyl (C=O) groups is 1. The minimum Gasteiger partial charge on any atom is -0.458 e. The van der Waals surface area contributed by atoms with Crippen LogP contribution < -0.4 is 4.74 Å². The third-order valence-corrected chi connectivity index (χ3v) is 4.69. The van der Waals surface area contributed by atoms with Gasteiger partial charge < -0.3 is 14.4 Å². The van der Waals surface area contributed by atoms with E-state index in [1.165, 1.54) is 18.5 Å². The highest BCUT2D eigenvalue weighted by Gasteiger charge is 2.38. The lowest BCUT2D eigenvalue weighted by molar-refractivity contribution is -0.150. The molecule has 0 bridgehead atoms. The average Bonchev–Trinajstić information content (AvgIpc) is 2.89. The largest absolute Gasteiger partial charge is 0.458 e. The highest BCUT2D eigenvalue weighted by molar-refractivity contribution is 5.97. The minimum absolute atomic E-state index is 0.0630. The summed E-state index contributed by atoms with van der Waals surface area (Å²) in [6.07, 6.45) is 4.38. The van der Waals surface area contributed by atoms with E-state index in [9.17, 15) is 18.0 Å². The van der Waals surface area contributed by atoms with Gasteiger partial charge in [0.05, 0.1) is 18.5 Å². The Bertz CT molecular complexity index is 830. The quantitative estimate of drug-likeness (QED) is 0.686. The van der Waals surface area contributed by atoms with Crippen LogP contribution in [-0.4, -0.2) is 41.6 Å². The molecule has 2 aliphatic rings. The van der Waals surface area contributed by atoms with Gasteiger partial charge >= 0.3 is 6.18 Å². The lowest BCUT2D eigenvalue weighted by atomic mass is 10.0. The maximum Gasteiger partial charge on any atom is 0.416 e. The number of aliphatic imine (C=N–C) groups is 1. The van der Waals surface area contributed by atoms with E-state index < -0.39 is 23.1 Å². The van der Waals surface area contributed by atoms with Crippen LogP contribution in [-0.2, 0) is 15.7 Å². The zero-order valence-corrected chi connectivity index (χ0v) is 15.6. The van der Waals surface area contributed by atoms with E-state index in [0.29, 0.717) is 13.0 Å². The summed E-state index contributed by atoms with van der Waals surface area (Å²) in [5.74, 6) is -1.39. The summed E-state index contributed by atoms with van der Waals surface area (Å²) in [5.41, 5.74) is -1.54. The predicted octanol–water partition coefficient (Wildman–Crippen LogP) is 3.96. The highest BCUT2D eigenvalue weighted by atomic mass is 19.4. The standard InChI is InChI=1S/C20H21F3N2O3/c1-18(2)17(26)24-14-25(18)11-12-27-19(9-4-3-5-10-19)28-16-8-6-7-15(13-16)20(21,22)23/h3-9,13-14H,10-12H2,1-2H3. The van der Waals surface area contributed by atoms with Gasteiger partial charge in [0.15, 0.2) is 0 Å². The first kappa shape index (κ1) is 20.1. The van der Waals surface area contributed by atoms with E-state index in [0.717, 1.165) is 12.1 Å². The molecule has 0 saturated carbocycles. The number of allylic oxidation sites excluding steroid dienone is 2. The first-order valence-electron chi connectivity index (χ1n) is 8.82. The van der Waals surface area contributed by atoms with Crippen molar-refractivity contribution in [2.24, 2.45) is 4.99 Å². The van der Waals surface area contributed by atoms with Gasteiger partial charge in [0.2, 0.25) is 5.79 Å². The van der Waals surface area contributed by atoms with Crippen LogP contribution in [0, 0.1) is 0 Å². The first-order valence-corrected chi connectivity index (χ1v) is 8.82. The van der Waals surface area contributed by atoms with Gasteiger partial charge in [-0.1, -0.05) is 24.3 Å². The number of amides is 1. The lowest BCUT2D eigenvalue weighted by Gasteiger charge is -2.34. The topological polar surface area (TPSA) is 51.1 Å². The minimum atomic E-state index is -4.46. The van der Waals surface area contributed by atoms with Gasteiger partial charge in [0.1, 0.15) is 11.3 Å². The fourth-order valence-electron chi connectivity index (χ4n) is 2.93. The summed E-state index contributed by atoms with van der Waals surface area (Å²) in [6, 6.07) is 4.69. The van der Waals surface area contributed by atoms with Gasteiger partial charge in [-0.05, 0) is 38.1 Å². The fraction of sp³-hybridized carbons (Fsp3) is 0.400. The van der Waals surface area contributed by atoms with Crippen molar-refractivity contribution in [3.05, 3.63) is 54.1 Å².